The molecule has 1 aromatic carbocycles. The van der Waals surface area contributed by atoms with E-state index < -0.39 is 35.1 Å². The molecule has 29 heavy (non-hydrogen) atoms. The lowest BCUT2D eigenvalue weighted by Crippen LogP contribution is -2.55. The highest BCUT2D eigenvalue weighted by atomic mass is 32.1. The molecule has 2 amide bonds. The summed E-state index contributed by atoms with van der Waals surface area (Å²) in [5, 5.41) is 6.99. The van der Waals surface area contributed by atoms with Crippen LogP contribution in [-0.4, -0.2) is 29.3 Å². The van der Waals surface area contributed by atoms with Crippen LogP contribution in [0.25, 0.3) is 0 Å². The lowest BCUT2D eigenvalue weighted by atomic mass is 10.1. The van der Waals surface area contributed by atoms with E-state index in [0.717, 1.165) is 5.56 Å². The number of carbonyl (C=O) groups excluding carboxylic acids is 2. The molecule has 0 radical (unpaired) electrons. The lowest BCUT2D eigenvalue weighted by molar-refractivity contribution is -0.124. The number of benzene rings is 1. The maximum atomic E-state index is 13.9. The molecule has 3 rings (SSSR count). The Labute approximate surface area is 173 Å². The van der Waals surface area contributed by atoms with Crippen LogP contribution < -0.4 is 16.4 Å². The van der Waals surface area contributed by atoms with Gasteiger partial charge in [0.25, 0.3) is 0 Å². The molecule has 1 heterocycles. The highest BCUT2D eigenvalue weighted by Crippen LogP contribution is 2.47. The molecule has 0 aliphatic heterocycles. The number of rotatable bonds is 6. The maximum absolute atomic E-state index is 13.9. The summed E-state index contributed by atoms with van der Waals surface area (Å²) in [7, 11) is 0. The summed E-state index contributed by atoms with van der Waals surface area (Å²) in [6, 6.07) is 10.0. The first-order valence-electron chi connectivity index (χ1n) is 9.44. The van der Waals surface area contributed by atoms with Crippen molar-refractivity contribution in [1.82, 2.24) is 10.6 Å². The number of carbonyl (C=O) groups is 2. The van der Waals surface area contributed by atoms with Crippen molar-refractivity contribution in [2.75, 3.05) is 0 Å². The quantitative estimate of drug-likeness (QED) is 0.627. The van der Waals surface area contributed by atoms with Crippen molar-refractivity contribution in [3.63, 3.8) is 0 Å². The molecule has 8 heteroatoms. The second kappa shape index (κ2) is 8.12. The molecular formula is C21H26FN3O3S. The number of thiophene rings is 1. The first-order valence-corrected chi connectivity index (χ1v) is 10.3. The second-order valence-corrected chi connectivity index (χ2v) is 9.29. The van der Waals surface area contributed by atoms with Crippen LogP contribution in [0.15, 0.2) is 41.8 Å². The number of halogens is 1. The van der Waals surface area contributed by atoms with E-state index in [1.807, 2.05) is 30.3 Å². The van der Waals surface area contributed by atoms with E-state index in [-0.39, 0.29) is 12.3 Å². The normalized spacial score (nSPS) is 21.9. The fourth-order valence-corrected chi connectivity index (χ4v) is 3.94. The summed E-state index contributed by atoms with van der Waals surface area (Å²) in [6.45, 7) is 5.18. The molecule has 1 aromatic heterocycles. The van der Waals surface area contributed by atoms with Crippen molar-refractivity contribution in [1.29, 1.82) is 0 Å². The predicted octanol–water partition coefficient (Wildman–Crippen LogP) is 3.28. The highest BCUT2D eigenvalue weighted by Gasteiger charge is 2.53. The monoisotopic (exact) mass is 419 g/mol. The van der Waals surface area contributed by atoms with Crippen molar-refractivity contribution in [3.05, 3.63) is 58.0 Å². The van der Waals surface area contributed by atoms with E-state index in [1.165, 1.54) is 17.4 Å². The Bertz CT molecular complexity index is 881. The topological polar surface area (TPSA) is 93.4 Å². The van der Waals surface area contributed by atoms with Gasteiger partial charge in [-0.1, -0.05) is 30.3 Å². The molecule has 3 atom stereocenters. The van der Waals surface area contributed by atoms with Crippen molar-refractivity contribution >= 4 is 23.3 Å². The molecule has 0 bridgehead atoms. The van der Waals surface area contributed by atoms with E-state index in [9.17, 15) is 14.0 Å². The SMILES string of the molecule is CC(C)(C)OC(=O)NC(Cc1sccc1F)C(=O)N[C@]1(N)CC1c1ccccc1. The zero-order valence-electron chi connectivity index (χ0n) is 16.7. The molecule has 2 unspecified atom stereocenters. The summed E-state index contributed by atoms with van der Waals surface area (Å²) in [6.07, 6.45) is -0.133. The minimum atomic E-state index is -1.00. The Morgan fingerprint density at radius 3 is 2.59 bits per heavy atom. The van der Waals surface area contributed by atoms with Gasteiger partial charge in [-0.3, -0.25) is 4.79 Å². The van der Waals surface area contributed by atoms with E-state index in [2.05, 4.69) is 10.6 Å². The molecule has 1 aliphatic carbocycles. The Morgan fingerprint density at radius 2 is 2.00 bits per heavy atom. The molecule has 156 valence electrons. The van der Waals surface area contributed by atoms with Gasteiger partial charge in [0.2, 0.25) is 5.91 Å². The Kier molecular flexibility index (Phi) is 5.95. The number of ether oxygens (including phenoxy) is 1. The first kappa shape index (κ1) is 21.3. The summed E-state index contributed by atoms with van der Waals surface area (Å²) >= 11 is 1.19. The minimum absolute atomic E-state index is 0.00620. The van der Waals surface area contributed by atoms with Gasteiger partial charge in [0.15, 0.2) is 0 Å². The van der Waals surface area contributed by atoms with E-state index >= 15 is 0 Å². The third kappa shape index (κ3) is 5.55. The van der Waals surface area contributed by atoms with E-state index in [0.29, 0.717) is 11.3 Å². The molecule has 2 aromatic rings. The fraction of sp³-hybridized carbons (Fsp3) is 0.429. The van der Waals surface area contributed by atoms with Crippen LogP contribution in [0.4, 0.5) is 9.18 Å². The van der Waals surface area contributed by atoms with Gasteiger partial charge in [0.1, 0.15) is 17.5 Å². The van der Waals surface area contributed by atoms with Crippen LogP contribution in [0.1, 0.15) is 43.6 Å². The molecule has 0 saturated heterocycles. The van der Waals surface area contributed by atoms with Gasteiger partial charge in [-0.05, 0) is 44.2 Å². The van der Waals surface area contributed by atoms with Crippen LogP contribution in [0.3, 0.4) is 0 Å². The second-order valence-electron chi connectivity index (χ2n) is 8.29. The first-order chi connectivity index (χ1) is 13.6. The van der Waals surface area contributed by atoms with Gasteiger partial charge in [-0.15, -0.1) is 11.3 Å². The number of nitrogens with two attached hydrogens (primary N) is 1. The fourth-order valence-electron chi connectivity index (χ4n) is 3.15. The van der Waals surface area contributed by atoms with Crippen LogP contribution in [0.5, 0.6) is 0 Å². The van der Waals surface area contributed by atoms with Crippen LogP contribution in [-0.2, 0) is 16.0 Å². The average molecular weight is 420 g/mol. The molecule has 6 nitrogen and oxygen atoms in total. The van der Waals surface area contributed by atoms with E-state index in [4.69, 9.17) is 10.5 Å². The zero-order chi connectivity index (χ0) is 21.2. The van der Waals surface area contributed by atoms with Crippen LogP contribution in [0, 0.1) is 5.82 Å². The zero-order valence-corrected chi connectivity index (χ0v) is 17.5. The van der Waals surface area contributed by atoms with Crippen molar-refractivity contribution < 1.29 is 18.7 Å². The molecular weight excluding hydrogens is 393 g/mol. The highest BCUT2D eigenvalue weighted by molar-refractivity contribution is 7.09. The number of nitrogens with one attached hydrogen (secondary N) is 2. The third-order valence-corrected chi connectivity index (χ3v) is 5.57. The molecule has 1 fully saturated rings. The molecule has 0 spiro atoms. The third-order valence-electron chi connectivity index (χ3n) is 4.65. The summed E-state index contributed by atoms with van der Waals surface area (Å²) < 4.78 is 19.2. The van der Waals surface area contributed by atoms with Gasteiger partial charge in [0, 0.05) is 17.2 Å². The Balaban J connectivity index is 1.70. The smallest absolute Gasteiger partial charge is 0.408 e. The van der Waals surface area contributed by atoms with Gasteiger partial charge in [-0.25, -0.2) is 9.18 Å². The lowest BCUT2D eigenvalue weighted by Gasteiger charge is -2.24. The molecule has 1 aliphatic rings. The van der Waals surface area contributed by atoms with Gasteiger partial charge in [-0.2, -0.15) is 0 Å². The maximum Gasteiger partial charge on any atom is 0.408 e. The van der Waals surface area contributed by atoms with Crippen molar-refractivity contribution in [3.8, 4) is 0 Å². The number of alkyl carbamates (subject to hydrolysis) is 1. The number of hydrogen-bond donors (Lipinski definition) is 3. The molecule has 1 saturated carbocycles. The summed E-state index contributed by atoms with van der Waals surface area (Å²) in [5.41, 5.74) is 5.78. The van der Waals surface area contributed by atoms with Crippen LogP contribution in [0.2, 0.25) is 0 Å². The predicted molar refractivity (Wildman–Crippen MR) is 110 cm³/mol. The standard InChI is InChI=1S/C21H26FN3O3S/c1-20(2,3)28-19(27)24-16(11-17-15(22)9-10-29-17)18(26)25-21(23)12-14(21)13-7-5-4-6-8-13/h4-10,14,16H,11-12,23H2,1-3H3,(H,24,27)(H,25,26)/t14?,16?,21-/m1/s1. The van der Waals surface area contributed by atoms with Gasteiger partial charge < -0.3 is 21.1 Å². The molecule has 4 N–H and O–H groups in total. The van der Waals surface area contributed by atoms with E-state index in [1.54, 1.807) is 26.2 Å². The minimum Gasteiger partial charge on any atom is -0.444 e. The largest absolute Gasteiger partial charge is 0.444 e. The van der Waals surface area contributed by atoms with Gasteiger partial charge >= 0.3 is 6.09 Å². The summed E-state index contributed by atoms with van der Waals surface area (Å²) in [4.78, 5) is 25.5. The van der Waals surface area contributed by atoms with Crippen molar-refractivity contribution in [2.45, 2.75) is 56.8 Å². The summed E-state index contributed by atoms with van der Waals surface area (Å²) in [5.74, 6) is -0.882. The average Bonchev–Trinajstić information content (AvgIpc) is 3.12. The number of hydrogen-bond acceptors (Lipinski definition) is 5. The van der Waals surface area contributed by atoms with Crippen molar-refractivity contribution in [2.24, 2.45) is 5.73 Å². The van der Waals surface area contributed by atoms with Gasteiger partial charge in [0.05, 0.1) is 5.66 Å². The number of amides is 2. The Hall–Kier alpha value is -2.45. The van der Waals surface area contributed by atoms with Crippen LogP contribution >= 0.6 is 11.3 Å². The Morgan fingerprint density at radius 1 is 1.31 bits per heavy atom.